The lowest BCUT2D eigenvalue weighted by Crippen LogP contribution is -2.32. The molecule has 1 aliphatic rings. The lowest BCUT2D eigenvalue weighted by molar-refractivity contribution is 0.568. The third kappa shape index (κ3) is 2.16. The summed E-state index contributed by atoms with van der Waals surface area (Å²) in [6, 6.07) is 9.83. The van der Waals surface area contributed by atoms with Crippen LogP contribution in [0.3, 0.4) is 0 Å². The molecule has 1 aliphatic heterocycles. The molecule has 0 atom stereocenters. The highest BCUT2D eigenvalue weighted by molar-refractivity contribution is 5.73. The van der Waals surface area contributed by atoms with Crippen LogP contribution < -0.4 is 10.5 Å². The molecular formula is C16H17N5O. The Morgan fingerprint density at radius 3 is 2.59 bits per heavy atom. The molecule has 0 bridgehead atoms. The summed E-state index contributed by atoms with van der Waals surface area (Å²) in [6.45, 7) is 1.88. The molecule has 0 amide bonds. The number of fused-ring (bicyclic) bond motifs is 1. The van der Waals surface area contributed by atoms with Crippen LogP contribution in [-0.2, 0) is 0 Å². The van der Waals surface area contributed by atoms with Crippen molar-refractivity contribution < 1.29 is 0 Å². The molecule has 0 radical (unpaired) electrons. The molecule has 0 aliphatic carbocycles. The topological polar surface area (TPSA) is 66.8 Å². The van der Waals surface area contributed by atoms with E-state index >= 15 is 0 Å². The SMILES string of the molecule is O=c1[nH]c(N2CCCCC2)nc2c1ncn2-c1ccccc1. The van der Waals surface area contributed by atoms with Gasteiger partial charge in [0.05, 0.1) is 0 Å². The monoisotopic (exact) mass is 295 g/mol. The van der Waals surface area contributed by atoms with Gasteiger partial charge < -0.3 is 4.90 Å². The summed E-state index contributed by atoms with van der Waals surface area (Å²) in [4.78, 5) is 26.2. The molecule has 6 heteroatoms. The van der Waals surface area contributed by atoms with Crippen LogP contribution in [0.25, 0.3) is 16.9 Å². The largest absolute Gasteiger partial charge is 0.342 e. The van der Waals surface area contributed by atoms with E-state index in [0.29, 0.717) is 17.1 Å². The molecule has 0 saturated carbocycles. The molecule has 1 fully saturated rings. The fourth-order valence-electron chi connectivity index (χ4n) is 2.93. The number of anilines is 1. The summed E-state index contributed by atoms with van der Waals surface area (Å²) >= 11 is 0. The zero-order valence-corrected chi connectivity index (χ0v) is 12.2. The molecule has 3 aromatic rings. The second-order valence-corrected chi connectivity index (χ2v) is 5.56. The summed E-state index contributed by atoms with van der Waals surface area (Å²) in [5, 5.41) is 0. The molecule has 1 aromatic carbocycles. The second kappa shape index (κ2) is 5.29. The normalized spacial score (nSPS) is 15.4. The minimum absolute atomic E-state index is 0.180. The first-order valence-corrected chi connectivity index (χ1v) is 7.61. The third-order valence-electron chi connectivity index (χ3n) is 4.08. The van der Waals surface area contributed by atoms with Crippen LogP contribution in [0.2, 0.25) is 0 Å². The van der Waals surface area contributed by atoms with Crippen molar-refractivity contribution in [3.8, 4) is 5.69 Å². The van der Waals surface area contributed by atoms with E-state index in [-0.39, 0.29) is 5.56 Å². The number of para-hydroxylation sites is 1. The fourth-order valence-corrected chi connectivity index (χ4v) is 2.93. The number of hydrogen-bond donors (Lipinski definition) is 1. The molecule has 0 unspecified atom stereocenters. The van der Waals surface area contributed by atoms with Gasteiger partial charge in [-0.15, -0.1) is 0 Å². The van der Waals surface area contributed by atoms with E-state index in [1.807, 2.05) is 34.9 Å². The van der Waals surface area contributed by atoms with Crippen LogP contribution >= 0.6 is 0 Å². The summed E-state index contributed by atoms with van der Waals surface area (Å²) in [7, 11) is 0. The van der Waals surface area contributed by atoms with Gasteiger partial charge in [-0.05, 0) is 31.4 Å². The maximum absolute atomic E-state index is 12.3. The Morgan fingerprint density at radius 2 is 1.82 bits per heavy atom. The lowest BCUT2D eigenvalue weighted by Gasteiger charge is -2.26. The van der Waals surface area contributed by atoms with Crippen molar-refractivity contribution in [3.05, 3.63) is 47.0 Å². The number of nitrogens with one attached hydrogen (secondary N) is 1. The number of rotatable bonds is 2. The van der Waals surface area contributed by atoms with Crippen LogP contribution in [0, 0.1) is 0 Å². The third-order valence-corrected chi connectivity index (χ3v) is 4.08. The van der Waals surface area contributed by atoms with Crippen LogP contribution in [0.5, 0.6) is 0 Å². The van der Waals surface area contributed by atoms with Gasteiger partial charge in [-0.25, -0.2) is 4.98 Å². The average molecular weight is 295 g/mol. The van der Waals surface area contributed by atoms with Crippen molar-refractivity contribution in [1.82, 2.24) is 19.5 Å². The minimum atomic E-state index is -0.180. The van der Waals surface area contributed by atoms with Crippen molar-refractivity contribution in [2.45, 2.75) is 19.3 Å². The van der Waals surface area contributed by atoms with E-state index in [1.165, 1.54) is 6.42 Å². The van der Waals surface area contributed by atoms with Crippen molar-refractivity contribution in [2.24, 2.45) is 0 Å². The van der Waals surface area contributed by atoms with Crippen molar-refractivity contribution in [2.75, 3.05) is 18.0 Å². The first-order valence-electron chi connectivity index (χ1n) is 7.61. The van der Waals surface area contributed by atoms with Crippen LogP contribution in [0.1, 0.15) is 19.3 Å². The van der Waals surface area contributed by atoms with E-state index in [4.69, 9.17) is 0 Å². The fraction of sp³-hybridized carbons (Fsp3) is 0.312. The summed E-state index contributed by atoms with van der Waals surface area (Å²) in [5.74, 6) is 0.648. The molecular weight excluding hydrogens is 278 g/mol. The Kier molecular flexibility index (Phi) is 3.14. The first kappa shape index (κ1) is 13.1. The Bertz CT molecular complexity index is 846. The molecule has 22 heavy (non-hydrogen) atoms. The van der Waals surface area contributed by atoms with Gasteiger partial charge in [-0.3, -0.25) is 14.3 Å². The summed E-state index contributed by atoms with van der Waals surface area (Å²) in [6.07, 6.45) is 5.17. The predicted octanol–water partition coefficient (Wildman–Crippen LogP) is 2.10. The van der Waals surface area contributed by atoms with Crippen LogP contribution in [0.4, 0.5) is 5.95 Å². The molecule has 2 aromatic heterocycles. The maximum atomic E-state index is 12.3. The minimum Gasteiger partial charge on any atom is -0.342 e. The highest BCUT2D eigenvalue weighted by Crippen LogP contribution is 2.18. The Morgan fingerprint density at radius 1 is 1.05 bits per heavy atom. The van der Waals surface area contributed by atoms with Crippen molar-refractivity contribution in [3.63, 3.8) is 0 Å². The van der Waals surface area contributed by atoms with Gasteiger partial charge in [0.25, 0.3) is 5.56 Å². The summed E-state index contributed by atoms with van der Waals surface area (Å²) < 4.78 is 1.86. The molecule has 0 spiro atoms. The molecule has 3 heterocycles. The van der Waals surface area contributed by atoms with E-state index in [0.717, 1.165) is 31.6 Å². The molecule has 1 N–H and O–H groups in total. The zero-order chi connectivity index (χ0) is 14.9. The van der Waals surface area contributed by atoms with Crippen LogP contribution in [-0.4, -0.2) is 32.6 Å². The number of aromatic nitrogens is 4. The van der Waals surface area contributed by atoms with E-state index < -0.39 is 0 Å². The Labute approximate surface area is 127 Å². The highest BCUT2D eigenvalue weighted by atomic mass is 16.1. The number of aromatic amines is 1. The van der Waals surface area contributed by atoms with Crippen LogP contribution in [0.15, 0.2) is 41.5 Å². The smallest absolute Gasteiger partial charge is 0.280 e. The Balaban J connectivity index is 1.86. The van der Waals surface area contributed by atoms with Crippen molar-refractivity contribution >= 4 is 17.1 Å². The number of piperidine rings is 1. The number of nitrogens with zero attached hydrogens (tertiary/aromatic N) is 4. The predicted molar refractivity (Wildman–Crippen MR) is 85.5 cm³/mol. The number of H-pyrrole nitrogens is 1. The van der Waals surface area contributed by atoms with E-state index in [1.54, 1.807) is 6.33 Å². The number of benzene rings is 1. The highest BCUT2D eigenvalue weighted by Gasteiger charge is 2.17. The Hall–Kier alpha value is -2.63. The zero-order valence-electron chi connectivity index (χ0n) is 12.2. The average Bonchev–Trinajstić information content (AvgIpc) is 3.01. The van der Waals surface area contributed by atoms with Gasteiger partial charge in [-0.1, -0.05) is 18.2 Å². The second-order valence-electron chi connectivity index (χ2n) is 5.56. The van der Waals surface area contributed by atoms with Gasteiger partial charge in [0.2, 0.25) is 5.95 Å². The molecule has 1 saturated heterocycles. The van der Waals surface area contributed by atoms with E-state index in [9.17, 15) is 4.79 Å². The van der Waals surface area contributed by atoms with Gasteiger partial charge in [0.1, 0.15) is 6.33 Å². The number of hydrogen-bond acceptors (Lipinski definition) is 4. The summed E-state index contributed by atoms with van der Waals surface area (Å²) in [5.41, 5.74) is 1.76. The van der Waals surface area contributed by atoms with Crippen molar-refractivity contribution in [1.29, 1.82) is 0 Å². The first-order chi connectivity index (χ1) is 10.8. The van der Waals surface area contributed by atoms with Gasteiger partial charge >= 0.3 is 0 Å². The van der Waals surface area contributed by atoms with Gasteiger partial charge in [0.15, 0.2) is 11.2 Å². The maximum Gasteiger partial charge on any atom is 0.280 e. The lowest BCUT2D eigenvalue weighted by atomic mass is 10.1. The molecule has 4 rings (SSSR count). The molecule has 6 nitrogen and oxygen atoms in total. The van der Waals surface area contributed by atoms with Gasteiger partial charge in [-0.2, -0.15) is 4.98 Å². The number of imidazole rings is 1. The van der Waals surface area contributed by atoms with Gasteiger partial charge in [0, 0.05) is 18.8 Å². The van der Waals surface area contributed by atoms with E-state index in [2.05, 4.69) is 19.9 Å². The molecule has 112 valence electrons. The quantitative estimate of drug-likeness (QED) is 0.786. The standard InChI is InChI=1S/C16H17N5O/c22-15-13-14(18-16(19-15)20-9-5-2-6-10-20)21(11-17-13)12-7-3-1-4-8-12/h1,3-4,7-8,11H,2,5-6,9-10H2,(H,18,19,22).